The third kappa shape index (κ3) is 1.52. The maximum absolute atomic E-state index is 5.52. The lowest BCUT2D eigenvalue weighted by Crippen LogP contribution is -2.05. The molecule has 2 rings (SSSR count). The summed E-state index contributed by atoms with van der Waals surface area (Å²) in [5.41, 5.74) is 6.54. The first kappa shape index (κ1) is 8.90. The van der Waals surface area contributed by atoms with Crippen LogP contribution in [0.3, 0.4) is 0 Å². The third-order valence-electron chi connectivity index (χ3n) is 2.07. The van der Waals surface area contributed by atoms with Gasteiger partial charge in [0.15, 0.2) is 5.82 Å². The molecule has 0 atom stereocenters. The van der Waals surface area contributed by atoms with Crippen molar-refractivity contribution in [2.24, 2.45) is 12.8 Å². The molecule has 72 valence electrons. The first-order valence-electron chi connectivity index (χ1n) is 4.46. The zero-order valence-corrected chi connectivity index (χ0v) is 8.01. The molecule has 2 aromatic rings. The molecule has 0 radical (unpaired) electrons. The molecule has 1 heterocycles. The van der Waals surface area contributed by atoms with Crippen molar-refractivity contribution in [2.75, 3.05) is 0 Å². The van der Waals surface area contributed by atoms with Gasteiger partial charge in [-0.1, -0.05) is 30.3 Å². The summed E-state index contributed by atoms with van der Waals surface area (Å²) in [4.78, 5) is 4.33. The molecule has 0 spiro atoms. The Morgan fingerprint density at radius 1 is 1.29 bits per heavy atom. The van der Waals surface area contributed by atoms with Gasteiger partial charge in [0.2, 0.25) is 0 Å². The molecule has 0 aliphatic rings. The van der Waals surface area contributed by atoms with Crippen LogP contribution in [0.4, 0.5) is 0 Å². The summed E-state index contributed by atoms with van der Waals surface area (Å²) in [6.07, 6.45) is 0. The van der Waals surface area contributed by atoms with Gasteiger partial charge in [-0.25, -0.2) is 4.98 Å². The van der Waals surface area contributed by atoms with Gasteiger partial charge in [0.1, 0.15) is 5.82 Å². The highest BCUT2D eigenvalue weighted by Gasteiger charge is 2.06. The molecule has 0 fully saturated rings. The van der Waals surface area contributed by atoms with Crippen LogP contribution in [-0.4, -0.2) is 14.8 Å². The van der Waals surface area contributed by atoms with Crippen molar-refractivity contribution in [1.82, 2.24) is 14.8 Å². The van der Waals surface area contributed by atoms with Gasteiger partial charge >= 0.3 is 0 Å². The van der Waals surface area contributed by atoms with E-state index in [4.69, 9.17) is 5.73 Å². The molecule has 0 amide bonds. The molecule has 14 heavy (non-hydrogen) atoms. The van der Waals surface area contributed by atoms with E-state index in [1.807, 2.05) is 37.4 Å². The molecular formula is C10H12N4. The summed E-state index contributed by atoms with van der Waals surface area (Å²) in [6, 6.07) is 9.86. The van der Waals surface area contributed by atoms with E-state index in [0.717, 1.165) is 17.2 Å². The lowest BCUT2D eigenvalue weighted by atomic mass is 10.2. The number of benzene rings is 1. The average molecular weight is 188 g/mol. The van der Waals surface area contributed by atoms with Crippen molar-refractivity contribution >= 4 is 0 Å². The first-order valence-corrected chi connectivity index (χ1v) is 4.46. The molecule has 2 N–H and O–H groups in total. The van der Waals surface area contributed by atoms with Crippen LogP contribution in [0.15, 0.2) is 30.3 Å². The van der Waals surface area contributed by atoms with Gasteiger partial charge in [-0.15, -0.1) is 0 Å². The van der Waals surface area contributed by atoms with E-state index < -0.39 is 0 Å². The number of aryl methyl sites for hydroxylation is 1. The van der Waals surface area contributed by atoms with E-state index in [2.05, 4.69) is 10.1 Å². The van der Waals surface area contributed by atoms with E-state index in [1.165, 1.54) is 0 Å². The zero-order valence-electron chi connectivity index (χ0n) is 8.01. The van der Waals surface area contributed by atoms with Gasteiger partial charge < -0.3 is 5.73 Å². The molecule has 0 aliphatic heterocycles. The Kier molecular flexibility index (Phi) is 2.28. The summed E-state index contributed by atoms with van der Waals surface area (Å²) < 4.78 is 1.71. The van der Waals surface area contributed by atoms with E-state index in [0.29, 0.717) is 6.54 Å². The average Bonchev–Trinajstić information content (AvgIpc) is 2.61. The van der Waals surface area contributed by atoms with Crippen molar-refractivity contribution in [3.05, 3.63) is 36.2 Å². The largest absolute Gasteiger partial charge is 0.324 e. The fourth-order valence-corrected chi connectivity index (χ4v) is 1.30. The van der Waals surface area contributed by atoms with Gasteiger partial charge in [-0.3, -0.25) is 4.68 Å². The second kappa shape index (κ2) is 3.59. The van der Waals surface area contributed by atoms with E-state index >= 15 is 0 Å². The number of hydrogen-bond acceptors (Lipinski definition) is 3. The molecule has 4 heteroatoms. The van der Waals surface area contributed by atoms with Gasteiger partial charge in [-0.2, -0.15) is 5.10 Å². The van der Waals surface area contributed by atoms with E-state index in [1.54, 1.807) is 4.68 Å². The van der Waals surface area contributed by atoms with Crippen molar-refractivity contribution in [1.29, 1.82) is 0 Å². The van der Waals surface area contributed by atoms with Gasteiger partial charge in [0, 0.05) is 12.6 Å². The highest BCUT2D eigenvalue weighted by molar-refractivity contribution is 5.53. The van der Waals surface area contributed by atoms with Crippen molar-refractivity contribution in [2.45, 2.75) is 6.54 Å². The van der Waals surface area contributed by atoms with E-state index in [-0.39, 0.29) is 0 Å². The lowest BCUT2D eigenvalue weighted by molar-refractivity contribution is 0.703. The standard InChI is InChI=1S/C10H12N4/c1-14-9(7-11)12-10(13-14)8-5-3-2-4-6-8/h2-6H,7,11H2,1H3. The Balaban J connectivity index is 2.43. The Morgan fingerprint density at radius 3 is 2.57 bits per heavy atom. The Labute approximate surface area is 82.4 Å². The van der Waals surface area contributed by atoms with Crippen LogP contribution in [-0.2, 0) is 13.6 Å². The molecular weight excluding hydrogens is 176 g/mol. The summed E-state index contributed by atoms with van der Waals surface area (Å²) in [5.74, 6) is 1.53. The predicted molar refractivity (Wildman–Crippen MR) is 54.3 cm³/mol. The van der Waals surface area contributed by atoms with E-state index in [9.17, 15) is 0 Å². The maximum Gasteiger partial charge on any atom is 0.181 e. The monoisotopic (exact) mass is 188 g/mol. The normalized spacial score (nSPS) is 10.4. The number of rotatable bonds is 2. The third-order valence-corrected chi connectivity index (χ3v) is 2.07. The second-order valence-electron chi connectivity index (χ2n) is 3.05. The van der Waals surface area contributed by atoms with Crippen molar-refractivity contribution in [3.63, 3.8) is 0 Å². The first-order chi connectivity index (χ1) is 6.81. The van der Waals surface area contributed by atoms with Gasteiger partial charge in [0.05, 0.1) is 6.54 Å². The Bertz CT molecular complexity index is 419. The second-order valence-corrected chi connectivity index (χ2v) is 3.05. The topological polar surface area (TPSA) is 56.7 Å². The van der Waals surface area contributed by atoms with Gasteiger partial charge in [-0.05, 0) is 0 Å². The van der Waals surface area contributed by atoms with Crippen LogP contribution in [0, 0.1) is 0 Å². The van der Waals surface area contributed by atoms with Crippen LogP contribution < -0.4 is 5.73 Å². The molecule has 4 nitrogen and oxygen atoms in total. The number of nitrogens with two attached hydrogens (primary N) is 1. The van der Waals surface area contributed by atoms with Gasteiger partial charge in [0.25, 0.3) is 0 Å². The molecule has 0 saturated heterocycles. The molecule has 1 aromatic heterocycles. The molecule has 0 bridgehead atoms. The minimum Gasteiger partial charge on any atom is -0.324 e. The molecule has 0 unspecified atom stereocenters. The predicted octanol–water partition coefficient (Wildman–Crippen LogP) is 0.941. The molecule has 0 aliphatic carbocycles. The fraction of sp³-hybridized carbons (Fsp3) is 0.200. The minimum atomic E-state index is 0.413. The maximum atomic E-state index is 5.52. The number of hydrogen-bond donors (Lipinski definition) is 1. The van der Waals surface area contributed by atoms with Crippen molar-refractivity contribution < 1.29 is 0 Å². The van der Waals surface area contributed by atoms with Crippen LogP contribution in [0.2, 0.25) is 0 Å². The summed E-state index contributed by atoms with van der Waals surface area (Å²) in [6.45, 7) is 0.413. The van der Waals surface area contributed by atoms with Crippen LogP contribution in [0.5, 0.6) is 0 Å². The number of aromatic nitrogens is 3. The summed E-state index contributed by atoms with van der Waals surface area (Å²) in [5, 5.41) is 4.28. The highest BCUT2D eigenvalue weighted by Crippen LogP contribution is 2.13. The Morgan fingerprint density at radius 2 is 2.00 bits per heavy atom. The highest BCUT2D eigenvalue weighted by atomic mass is 15.3. The minimum absolute atomic E-state index is 0.413. The van der Waals surface area contributed by atoms with Crippen LogP contribution in [0.1, 0.15) is 5.82 Å². The zero-order chi connectivity index (χ0) is 9.97. The molecule has 0 saturated carbocycles. The summed E-state index contributed by atoms with van der Waals surface area (Å²) >= 11 is 0. The van der Waals surface area contributed by atoms with Crippen molar-refractivity contribution in [3.8, 4) is 11.4 Å². The summed E-state index contributed by atoms with van der Waals surface area (Å²) in [7, 11) is 1.85. The molecule has 1 aromatic carbocycles. The smallest absolute Gasteiger partial charge is 0.181 e. The SMILES string of the molecule is Cn1nc(-c2ccccc2)nc1CN. The number of nitrogens with zero attached hydrogens (tertiary/aromatic N) is 3. The van der Waals surface area contributed by atoms with Crippen LogP contribution >= 0.6 is 0 Å². The fourth-order valence-electron chi connectivity index (χ4n) is 1.30. The Hall–Kier alpha value is -1.68. The quantitative estimate of drug-likeness (QED) is 0.763. The lowest BCUT2D eigenvalue weighted by Gasteiger charge is -1.91. The van der Waals surface area contributed by atoms with Crippen LogP contribution in [0.25, 0.3) is 11.4 Å².